The molecule has 0 amide bonds. The molecule has 5 nitrogen and oxygen atoms in total. The van der Waals surface area contributed by atoms with E-state index in [1.54, 1.807) is 13.8 Å². The van der Waals surface area contributed by atoms with Crippen molar-refractivity contribution in [3.05, 3.63) is 0 Å². The van der Waals surface area contributed by atoms with E-state index >= 15 is 0 Å². The zero-order valence-corrected chi connectivity index (χ0v) is 18.5. The number of carboxylic acid groups (broad SMARTS) is 1. The van der Waals surface area contributed by atoms with Crippen LogP contribution in [-0.4, -0.2) is 48.5 Å². The molecule has 0 rings (SSSR count). The smallest absolute Gasteiger partial charge is 0.189 e. The summed E-state index contributed by atoms with van der Waals surface area (Å²) in [7, 11) is 3.65. The van der Waals surface area contributed by atoms with Gasteiger partial charge in [-0.3, -0.25) is 4.79 Å². The summed E-state index contributed by atoms with van der Waals surface area (Å²) < 4.78 is 0.103. The van der Waals surface area contributed by atoms with Gasteiger partial charge in [0.1, 0.15) is 17.6 Å². The molecule has 0 aromatic rings. The van der Waals surface area contributed by atoms with Crippen LogP contribution in [-0.2, 0) is 9.59 Å². The lowest BCUT2D eigenvalue weighted by molar-refractivity contribution is -0.945. The molecule has 5 heteroatoms. The molecule has 0 saturated heterocycles. The molecule has 0 bridgehead atoms. The van der Waals surface area contributed by atoms with Gasteiger partial charge in [-0.05, 0) is 33.2 Å². The van der Waals surface area contributed by atoms with E-state index in [1.165, 1.54) is 44.9 Å². The third-order valence-electron chi connectivity index (χ3n) is 6.30. The molecule has 0 aliphatic carbocycles. The number of quaternary nitrogens is 1. The van der Waals surface area contributed by atoms with Crippen LogP contribution in [0.1, 0.15) is 97.8 Å². The number of hydrogen-bond donors (Lipinski definition) is 1. The predicted octanol–water partition coefficient (Wildman–Crippen LogP) is 3.19. The third-order valence-corrected chi connectivity index (χ3v) is 6.30. The highest BCUT2D eigenvalue weighted by Crippen LogP contribution is 2.28. The zero-order valence-electron chi connectivity index (χ0n) is 18.5. The number of nitrogens with two attached hydrogens (primary N) is 1. The molecule has 2 N–H and O–H groups in total. The minimum Gasteiger partial charge on any atom is -0.544 e. The predicted molar refractivity (Wildman–Crippen MR) is 110 cm³/mol. The van der Waals surface area contributed by atoms with Crippen LogP contribution < -0.4 is 10.8 Å². The first-order valence-electron chi connectivity index (χ1n) is 10.9. The molecule has 0 aliphatic rings. The van der Waals surface area contributed by atoms with Gasteiger partial charge in [-0.25, -0.2) is 0 Å². The van der Waals surface area contributed by atoms with Gasteiger partial charge in [-0.15, -0.1) is 0 Å². The molecule has 0 heterocycles. The van der Waals surface area contributed by atoms with Crippen LogP contribution in [0.25, 0.3) is 0 Å². The molecular weight excluding hydrogens is 340 g/mol. The number of likely N-dealkylation sites (N-methyl/N-ethyl adjacent to an activating group) is 1. The summed E-state index contributed by atoms with van der Waals surface area (Å²) in [4.78, 5) is 24.5. The SMILES string of the molecule is CCCCCCCCCCCC(=O)C(CCCN)[N+](C)(C)C(C)(C)C(=O)[O-]. The maximum absolute atomic E-state index is 12.9. The van der Waals surface area contributed by atoms with Crippen LogP contribution in [0.15, 0.2) is 0 Å². The fourth-order valence-electron chi connectivity index (χ4n) is 3.56. The first-order chi connectivity index (χ1) is 12.6. The lowest BCUT2D eigenvalue weighted by Crippen LogP contribution is -2.69. The van der Waals surface area contributed by atoms with E-state index in [0.29, 0.717) is 19.4 Å². The van der Waals surface area contributed by atoms with Crippen LogP contribution in [0, 0.1) is 0 Å². The van der Waals surface area contributed by atoms with Gasteiger partial charge >= 0.3 is 0 Å². The minimum absolute atomic E-state index is 0.103. The first-order valence-corrected chi connectivity index (χ1v) is 10.9. The number of carbonyl (C=O) groups is 2. The highest BCUT2D eigenvalue weighted by molar-refractivity contribution is 5.83. The Labute approximate surface area is 167 Å². The molecule has 27 heavy (non-hydrogen) atoms. The Morgan fingerprint density at radius 3 is 1.85 bits per heavy atom. The van der Waals surface area contributed by atoms with E-state index < -0.39 is 11.5 Å². The molecular formula is C22H44N2O3. The van der Waals surface area contributed by atoms with Crippen molar-refractivity contribution < 1.29 is 19.2 Å². The maximum Gasteiger partial charge on any atom is 0.189 e. The van der Waals surface area contributed by atoms with Crippen molar-refractivity contribution in [2.75, 3.05) is 20.6 Å². The highest BCUT2D eigenvalue weighted by Gasteiger charge is 2.46. The Bertz CT molecular complexity index is 433. The quantitative estimate of drug-likeness (QED) is 0.308. The zero-order chi connectivity index (χ0) is 20.9. The number of Topliss-reactive ketones (excluding diaryl/α,β-unsaturated/α-hetero) is 1. The van der Waals surface area contributed by atoms with Crippen LogP contribution in [0.4, 0.5) is 0 Å². The van der Waals surface area contributed by atoms with Gasteiger partial charge < -0.3 is 20.1 Å². The van der Waals surface area contributed by atoms with Gasteiger partial charge in [0, 0.05) is 12.8 Å². The number of aliphatic carboxylic acids is 1. The molecule has 0 spiro atoms. The van der Waals surface area contributed by atoms with E-state index in [4.69, 9.17) is 5.73 Å². The summed E-state index contributed by atoms with van der Waals surface area (Å²) in [6.07, 6.45) is 12.8. The molecule has 0 aromatic heterocycles. The Morgan fingerprint density at radius 1 is 0.926 bits per heavy atom. The van der Waals surface area contributed by atoms with Gasteiger partial charge in [0.25, 0.3) is 0 Å². The van der Waals surface area contributed by atoms with Crippen molar-refractivity contribution >= 4 is 11.8 Å². The van der Waals surface area contributed by atoms with Crippen molar-refractivity contribution in [2.45, 2.75) is 109 Å². The van der Waals surface area contributed by atoms with Gasteiger partial charge in [-0.1, -0.05) is 58.3 Å². The Morgan fingerprint density at radius 2 is 1.41 bits per heavy atom. The molecule has 160 valence electrons. The second kappa shape index (κ2) is 13.3. The average molecular weight is 385 g/mol. The topological polar surface area (TPSA) is 83.2 Å². The number of carboxylic acids is 1. The second-order valence-electron chi connectivity index (χ2n) is 8.88. The lowest BCUT2D eigenvalue weighted by atomic mass is 9.91. The van der Waals surface area contributed by atoms with Crippen molar-refractivity contribution in [3.8, 4) is 0 Å². The summed E-state index contributed by atoms with van der Waals surface area (Å²) in [5.41, 5.74) is 4.51. The van der Waals surface area contributed by atoms with Gasteiger partial charge in [0.15, 0.2) is 5.78 Å². The van der Waals surface area contributed by atoms with E-state index in [0.717, 1.165) is 19.3 Å². The highest BCUT2D eigenvalue weighted by atomic mass is 16.4. The van der Waals surface area contributed by atoms with Gasteiger partial charge in [0.05, 0.1) is 14.1 Å². The van der Waals surface area contributed by atoms with Crippen molar-refractivity contribution in [3.63, 3.8) is 0 Å². The molecule has 0 aliphatic heterocycles. The summed E-state index contributed by atoms with van der Waals surface area (Å²) in [6, 6.07) is -0.351. The number of ketones is 1. The molecule has 1 atom stereocenters. The molecule has 0 saturated carbocycles. The summed E-state index contributed by atoms with van der Waals surface area (Å²) in [5, 5.41) is 11.6. The number of unbranched alkanes of at least 4 members (excludes halogenated alkanes) is 8. The maximum atomic E-state index is 12.9. The first kappa shape index (κ1) is 26.1. The van der Waals surface area contributed by atoms with Crippen LogP contribution in [0.3, 0.4) is 0 Å². The van der Waals surface area contributed by atoms with E-state index in [-0.39, 0.29) is 16.3 Å². The fourth-order valence-corrected chi connectivity index (χ4v) is 3.56. The van der Waals surface area contributed by atoms with E-state index in [1.807, 2.05) is 14.1 Å². The largest absolute Gasteiger partial charge is 0.544 e. The van der Waals surface area contributed by atoms with Crippen molar-refractivity contribution in [1.29, 1.82) is 0 Å². The second-order valence-corrected chi connectivity index (χ2v) is 8.88. The third kappa shape index (κ3) is 8.73. The standard InChI is InChI=1S/C22H44N2O3/c1-6-7-8-9-10-11-12-13-14-17-20(25)19(16-15-18-23)24(4,5)22(2,3)21(26)27/h19H,6-18,23H2,1-5H3. The summed E-state index contributed by atoms with van der Waals surface area (Å²) in [5.74, 6) is -0.966. The molecule has 1 unspecified atom stereocenters. The van der Waals surface area contributed by atoms with Gasteiger partial charge in [-0.2, -0.15) is 0 Å². The van der Waals surface area contributed by atoms with E-state index in [2.05, 4.69) is 6.92 Å². The normalized spacial score (nSPS) is 13.6. The van der Waals surface area contributed by atoms with Crippen molar-refractivity contribution in [1.82, 2.24) is 0 Å². The fraction of sp³-hybridized carbons (Fsp3) is 0.909. The Hall–Kier alpha value is -0.940. The number of hydrogen-bond acceptors (Lipinski definition) is 4. The minimum atomic E-state index is -1.13. The molecule has 0 radical (unpaired) electrons. The van der Waals surface area contributed by atoms with Crippen molar-refractivity contribution in [2.24, 2.45) is 5.73 Å². The average Bonchev–Trinajstić information content (AvgIpc) is 2.60. The summed E-state index contributed by atoms with van der Waals surface area (Å²) in [6.45, 7) is 6.02. The molecule has 0 aromatic carbocycles. The van der Waals surface area contributed by atoms with Crippen LogP contribution in [0.5, 0.6) is 0 Å². The number of rotatable bonds is 17. The Kier molecular flexibility index (Phi) is 12.8. The van der Waals surface area contributed by atoms with E-state index in [9.17, 15) is 14.7 Å². The summed E-state index contributed by atoms with van der Waals surface area (Å²) >= 11 is 0. The number of nitrogens with zero attached hydrogens (tertiary/aromatic N) is 1. The van der Waals surface area contributed by atoms with Crippen LogP contribution in [0.2, 0.25) is 0 Å². The number of carbonyl (C=O) groups excluding carboxylic acids is 2. The monoisotopic (exact) mass is 384 g/mol. The molecule has 0 fully saturated rings. The van der Waals surface area contributed by atoms with Gasteiger partial charge in [0.2, 0.25) is 0 Å². The lowest BCUT2D eigenvalue weighted by Gasteiger charge is -2.49. The van der Waals surface area contributed by atoms with Crippen LogP contribution >= 0.6 is 0 Å². The Balaban J connectivity index is 4.53.